The Morgan fingerprint density at radius 2 is 1.90 bits per heavy atom. The van der Waals surface area contributed by atoms with Crippen LogP contribution in [0.2, 0.25) is 0 Å². The monoisotopic (exact) mass is 326 g/mol. The number of fused-ring (bicyclic) bond motifs is 1. The van der Waals surface area contributed by atoms with Gasteiger partial charge in [-0.05, 0) is 0 Å². The van der Waals surface area contributed by atoms with Crippen LogP contribution in [-0.4, -0.2) is 15.0 Å². The molecular formula is C19H18Se. The summed E-state index contributed by atoms with van der Waals surface area (Å²) >= 11 is 0.422. The first kappa shape index (κ1) is 13.4. The van der Waals surface area contributed by atoms with Crippen LogP contribution in [0.4, 0.5) is 0 Å². The molecule has 1 aromatic carbocycles. The zero-order valence-electron chi connectivity index (χ0n) is 11.7. The van der Waals surface area contributed by atoms with Gasteiger partial charge in [0.25, 0.3) is 0 Å². The molecule has 0 saturated carbocycles. The Kier molecular flexibility index (Phi) is 4.20. The van der Waals surface area contributed by atoms with Crippen LogP contribution in [0.3, 0.4) is 0 Å². The van der Waals surface area contributed by atoms with Crippen LogP contribution in [0, 0.1) is 0 Å². The van der Waals surface area contributed by atoms with Crippen molar-refractivity contribution in [2.24, 2.45) is 0 Å². The van der Waals surface area contributed by atoms with E-state index in [0.29, 0.717) is 15.0 Å². The molecule has 0 amide bonds. The Labute approximate surface area is 127 Å². The minimum absolute atomic E-state index is 0.422. The predicted octanol–water partition coefficient (Wildman–Crippen LogP) is 3.93. The van der Waals surface area contributed by atoms with E-state index in [2.05, 4.69) is 72.6 Å². The van der Waals surface area contributed by atoms with Gasteiger partial charge in [0.1, 0.15) is 0 Å². The van der Waals surface area contributed by atoms with Gasteiger partial charge < -0.3 is 0 Å². The van der Waals surface area contributed by atoms with Crippen molar-refractivity contribution in [3.05, 3.63) is 82.4 Å². The van der Waals surface area contributed by atoms with Crippen LogP contribution in [0.15, 0.2) is 71.3 Å². The molecule has 1 heterocycles. The summed E-state index contributed by atoms with van der Waals surface area (Å²) in [5.41, 5.74) is 5.71. The Morgan fingerprint density at radius 3 is 2.85 bits per heavy atom. The zero-order chi connectivity index (χ0) is 13.8. The molecule has 0 fully saturated rings. The normalized spacial score (nSPS) is 20.9. The van der Waals surface area contributed by atoms with Gasteiger partial charge in [0.15, 0.2) is 0 Å². The Hall–Kier alpha value is -1.56. The van der Waals surface area contributed by atoms with E-state index in [-0.39, 0.29) is 0 Å². The zero-order valence-corrected chi connectivity index (χ0v) is 13.4. The Bertz CT molecular complexity index is 654. The third-order valence-corrected chi connectivity index (χ3v) is 5.65. The molecule has 1 aliphatic heterocycles. The Balaban J connectivity index is 2.09. The molecule has 0 N–H and O–H groups in total. The van der Waals surface area contributed by atoms with Crippen LogP contribution in [0.5, 0.6) is 0 Å². The van der Waals surface area contributed by atoms with E-state index in [1.165, 1.54) is 22.3 Å². The number of allylic oxidation sites excluding steroid dienone is 9. The fraction of sp³-hybridized carbons (Fsp3) is 0.158. The second-order valence-corrected chi connectivity index (χ2v) is 7.01. The molecular weight excluding hydrogens is 307 g/mol. The summed E-state index contributed by atoms with van der Waals surface area (Å²) in [5.74, 6) is 0. The molecule has 0 atom stereocenters. The summed E-state index contributed by atoms with van der Waals surface area (Å²) in [6.45, 7) is 2.18. The molecule has 0 nitrogen and oxygen atoms in total. The van der Waals surface area contributed by atoms with Gasteiger partial charge >= 0.3 is 127 Å². The first-order valence-corrected chi connectivity index (χ1v) is 8.84. The molecule has 2 aliphatic rings. The van der Waals surface area contributed by atoms with Crippen molar-refractivity contribution in [2.75, 3.05) is 0 Å². The quantitative estimate of drug-likeness (QED) is 0.686. The molecule has 1 heteroatoms. The van der Waals surface area contributed by atoms with E-state index < -0.39 is 0 Å². The second-order valence-electron chi connectivity index (χ2n) is 5.09. The fourth-order valence-electron chi connectivity index (χ4n) is 2.55. The van der Waals surface area contributed by atoms with Gasteiger partial charge in [-0.1, -0.05) is 0 Å². The van der Waals surface area contributed by atoms with E-state index in [0.717, 1.165) is 12.8 Å². The van der Waals surface area contributed by atoms with Crippen LogP contribution in [0.1, 0.15) is 24.5 Å². The predicted molar refractivity (Wildman–Crippen MR) is 89.3 cm³/mol. The molecule has 0 bridgehead atoms. The average molecular weight is 325 g/mol. The van der Waals surface area contributed by atoms with Crippen molar-refractivity contribution < 1.29 is 0 Å². The van der Waals surface area contributed by atoms with Crippen molar-refractivity contribution in [3.63, 3.8) is 0 Å². The topological polar surface area (TPSA) is 0 Å². The van der Waals surface area contributed by atoms with E-state index in [1.807, 2.05) is 0 Å². The molecule has 0 spiro atoms. The van der Waals surface area contributed by atoms with Gasteiger partial charge in [0, 0.05) is 0 Å². The molecule has 0 aromatic heterocycles. The molecule has 0 unspecified atom stereocenters. The second kappa shape index (κ2) is 6.26. The molecule has 1 aliphatic carbocycles. The van der Waals surface area contributed by atoms with E-state index >= 15 is 0 Å². The molecule has 0 radical (unpaired) electrons. The standard InChI is InChI=1S/C19H18Se/c1-15-8-4-5-10-17(14-15)18-12-7-11-16-9-3-2-6-13-20-19(16)18/h2-8,11-14H,9-10H2,1H3/b3-2-,13-6-. The Morgan fingerprint density at radius 1 is 1.00 bits per heavy atom. The fourth-order valence-corrected chi connectivity index (χ4v) is 4.51. The van der Waals surface area contributed by atoms with Crippen molar-refractivity contribution in [2.45, 2.75) is 19.8 Å². The van der Waals surface area contributed by atoms with E-state index in [1.54, 1.807) is 4.46 Å². The van der Waals surface area contributed by atoms with Crippen molar-refractivity contribution in [1.29, 1.82) is 0 Å². The molecule has 1 aromatic rings. The third kappa shape index (κ3) is 2.95. The molecule has 0 saturated heterocycles. The maximum absolute atomic E-state index is 2.34. The number of benzene rings is 1. The van der Waals surface area contributed by atoms with Crippen LogP contribution < -0.4 is 4.46 Å². The average Bonchev–Trinajstić information content (AvgIpc) is 2.63. The van der Waals surface area contributed by atoms with Gasteiger partial charge in [-0.2, -0.15) is 0 Å². The maximum atomic E-state index is 2.34. The van der Waals surface area contributed by atoms with Gasteiger partial charge in [-0.25, -0.2) is 0 Å². The minimum atomic E-state index is 0.422. The van der Waals surface area contributed by atoms with Crippen LogP contribution in [-0.2, 0) is 6.42 Å². The van der Waals surface area contributed by atoms with Crippen LogP contribution >= 0.6 is 0 Å². The third-order valence-electron chi connectivity index (χ3n) is 3.53. The summed E-state index contributed by atoms with van der Waals surface area (Å²) in [4.78, 5) is 2.32. The summed E-state index contributed by atoms with van der Waals surface area (Å²) in [7, 11) is 0. The van der Waals surface area contributed by atoms with E-state index in [4.69, 9.17) is 0 Å². The SMILES string of the molecule is CC1=CC=CCC(c2cccc3c2[Se]/C=C\C=C/C3)=C1. The molecule has 100 valence electrons. The summed E-state index contributed by atoms with van der Waals surface area (Å²) in [5, 5.41) is 0. The van der Waals surface area contributed by atoms with Gasteiger partial charge in [-0.3, -0.25) is 0 Å². The number of hydrogen-bond donors (Lipinski definition) is 0. The number of hydrogen-bond acceptors (Lipinski definition) is 0. The van der Waals surface area contributed by atoms with Crippen molar-refractivity contribution in [1.82, 2.24) is 0 Å². The van der Waals surface area contributed by atoms with E-state index in [9.17, 15) is 0 Å². The molecule has 20 heavy (non-hydrogen) atoms. The summed E-state index contributed by atoms with van der Waals surface area (Å²) in [6, 6.07) is 6.77. The van der Waals surface area contributed by atoms with Gasteiger partial charge in [-0.15, -0.1) is 0 Å². The van der Waals surface area contributed by atoms with Crippen molar-refractivity contribution in [3.8, 4) is 0 Å². The van der Waals surface area contributed by atoms with Crippen molar-refractivity contribution >= 4 is 25.0 Å². The summed E-state index contributed by atoms with van der Waals surface area (Å²) in [6.07, 6.45) is 17.6. The molecule has 3 rings (SSSR count). The first-order chi connectivity index (χ1) is 9.84. The number of rotatable bonds is 1. The van der Waals surface area contributed by atoms with Crippen LogP contribution in [0.25, 0.3) is 5.57 Å². The van der Waals surface area contributed by atoms with Gasteiger partial charge in [0.2, 0.25) is 0 Å². The first-order valence-electron chi connectivity index (χ1n) is 6.99. The van der Waals surface area contributed by atoms with Gasteiger partial charge in [0.05, 0.1) is 0 Å². The summed E-state index contributed by atoms with van der Waals surface area (Å²) < 4.78 is 1.55.